The van der Waals surface area contributed by atoms with Crippen molar-refractivity contribution in [1.29, 1.82) is 0 Å². The molecule has 27 heavy (non-hydrogen) atoms. The zero-order chi connectivity index (χ0) is 18.8. The highest BCUT2D eigenvalue weighted by Crippen LogP contribution is 2.30. The van der Waals surface area contributed by atoms with E-state index in [1.54, 1.807) is 19.1 Å². The number of aromatic nitrogens is 3. The van der Waals surface area contributed by atoms with Gasteiger partial charge in [-0.2, -0.15) is 4.98 Å². The Morgan fingerprint density at radius 3 is 3.04 bits per heavy atom. The number of rotatable bonds is 6. The molecule has 0 bridgehead atoms. The van der Waals surface area contributed by atoms with Crippen LogP contribution in [0.15, 0.2) is 22.7 Å². The first-order chi connectivity index (χ1) is 13.2. The Kier molecular flexibility index (Phi) is 4.94. The Hall–Kier alpha value is -2.67. The van der Waals surface area contributed by atoms with E-state index >= 15 is 0 Å². The number of carbonyl (C=O) groups is 1. The van der Waals surface area contributed by atoms with Crippen LogP contribution in [0.2, 0.25) is 0 Å². The number of methoxy groups -OCH3 is 1. The monoisotopic (exact) mass is 368 g/mol. The zero-order valence-electron chi connectivity index (χ0n) is 15.7. The van der Waals surface area contributed by atoms with Crippen LogP contribution in [0.3, 0.4) is 0 Å². The summed E-state index contributed by atoms with van der Waals surface area (Å²) >= 11 is 0. The first-order valence-electron chi connectivity index (χ1n) is 9.35. The lowest BCUT2D eigenvalue weighted by molar-refractivity contribution is 0.0769. The van der Waals surface area contributed by atoms with Crippen molar-refractivity contribution in [2.24, 2.45) is 0 Å². The van der Waals surface area contributed by atoms with Crippen LogP contribution in [0, 0.1) is 0 Å². The normalized spacial score (nSPS) is 13.7. The number of carbonyl (C=O) groups excluding carboxylic acids is 1. The highest BCUT2D eigenvalue weighted by Gasteiger charge is 2.19. The molecule has 0 unspecified atom stereocenters. The van der Waals surface area contributed by atoms with Gasteiger partial charge in [-0.15, -0.1) is 0 Å². The third kappa shape index (κ3) is 3.60. The lowest BCUT2D eigenvalue weighted by Crippen LogP contribution is -2.26. The fourth-order valence-corrected chi connectivity index (χ4v) is 3.68. The van der Waals surface area contributed by atoms with E-state index in [-0.39, 0.29) is 12.5 Å². The predicted molar refractivity (Wildman–Crippen MR) is 101 cm³/mol. The van der Waals surface area contributed by atoms with Crippen molar-refractivity contribution >= 4 is 16.8 Å². The van der Waals surface area contributed by atoms with Crippen molar-refractivity contribution < 1.29 is 14.1 Å². The molecule has 2 aromatic heterocycles. The minimum absolute atomic E-state index is 0.0562. The molecule has 0 radical (unpaired) electrons. The second-order valence-electron chi connectivity index (χ2n) is 7.06. The Balaban J connectivity index is 1.50. The van der Waals surface area contributed by atoms with Crippen LogP contribution >= 0.6 is 0 Å². The van der Waals surface area contributed by atoms with Crippen molar-refractivity contribution in [3.63, 3.8) is 0 Å². The van der Waals surface area contributed by atoms with Crippen LogP contribution in [0.1, 0.15) is 46.2 Å². The number of aromatic amines is 1. The van der Waals surface area contributed by atoms with Crippen molar-refractivity contribution in [2.45, 2.75) is 38.6 Å². The molecule has 1 N–H and O–H groups in total. The number of nitrogens with zero attached hydrogens (tertiary/aromatic N) is 3. The fourth-order valence-electron chi connectivity index (χ4n) is 3.68. The molecule has 1 aliphatic carbocycles. The second kappa shape index (κ2) is 7.52. The molecule has 0 saturated carbocycles. The fraction of sp³-hybridized carbons (Fsp3) is 0.450. The molecule has 7 nitrogen and oxygen atoms in total. The van der Waals surface area contributed by atoms with Gasteiger partial charge in [0.1, 0.15) is 0 Å². The summed E-state index contributed by atoms with van der Waals surface area (Å²) in [5.74, 6) is 0.962. The molecule has 1 amide bonds. The van der Waals surface area contributed by atoms with E-state index < -0.39 is 0 Å². The number of fused-ring (bicyclic) bond motifs is 3. The standard InChI is InChI=1S/C20H24N4O3/c1-24(12-19-22-18(23-27-19)9-10-26-2)20(25)13-7-8-17-15(11-13)14-5-3-4-6-16(14)21-17/h7-8,11,21H,3-6,9-10,12H2,1-2H3. The smallest absolute Gasteiger partial charge is 0.254 e. The van der Waals surface area contributed by atoms with Gasteiger partial charge in [0.15, 0.2) is 5.82 Å². The third-order valence-corrected chi connectivity index (χ3v) is 5.10. The van der Waals surface area contributed by atoms with Gasteiger partial charge in [0, 0.05) is 42.7 Å². The molecule has 0 saturated heterocycles. The Morgan fingerprint density at radius 1 is 1.33 bits per heavy atom. The molecule has 7 heteroatoms. The molecule has 142 valence electrons. The summed E-state index contributed by atoms with van der Waals surface area (Å²) in [7, 11) is 3.38. The van der Waals surface area contributed by atoms with Gasteiger partial charge >= 0.3 is 0 Å². The van der Waals surface area contributed by atoms with Gasteiger partial charge in [-0.25, -0.2) is 0 Å². The summed E-state index contributed by atoms with van der Waals surface area (Å²) in [4.78, 5) is 22.3. The first-order valence-corrected chi connectivity index (χ1v) is 9.35. The lowest BCUT2D eigenvalue weighted by Gasteiger charge is -2.15. The largest absolute Gasteiger partial charge is 0.384 e. The molecule has 2 heterocycles. The van der Waals surface area contributed by atoms with Crippen LogP contribution in [0.5, 0.6) is 0 Å². The van der Waals surface area contributed by atoms with Gasteiger partial charge in [0.2, 0.25) is 5.89 Å². The van der Waals surface area contributed by atoms with Crippen LogP contribution in [0.4, 0.5) is 0 Å². The molecule has 0 spiro atoms. The summed E-state index contributed by atoms with van der Waals surface area (Å²) in [5.41, 5.74) is 4.48. The lowest BCUT2D eigenvalue weighted by atomic mass is 9.95. The van der Waals surface area contributed by atoms with Crippen LogP contribution in [0.25, 0.3) is 10.9 Å². The summed E-state index contributed by atoms with van der Waals surface area (Å²) in [5, 5.41) is 5.08. The van der Waals surface area contributed by atoms with E-state index in [4.69, 9.17) is 9.26 Å². The summed E-state index contributed by atoms with van der Waals surface area (Å²) in [6, 6.07) is 5.89. The highest BCUT2D eigenvalue weighted by molar-refractivity contribution is 5.99. The van der Waals surface area contributed by atoms with E-state index in [1.807, 2.05) is 18.2 Å². The molecule has 0 fully saturated rings. The van der Waals surface area contributed by atoms with Gasteiger partial charge in [-0.05, 0) is 49.4 Å². The van der Waals surface area contributed by atoms with E-state index in [2.05, 4.69) is 15.1 Å². The van der Waals surface area contributed by atoms with Gasteiger partial charge in [-0.1, -0.05) is 5.16 Å². The zero-order valence-corrected chi connectivity index (χ0v) is 15.7. The summed E-state index contributed by atoms with van der Waals surface area (Å²) in [6.07, 6.45) is 5.20. The number of aryl methyl sites for hydroxylation is 2. The highest BCUT2D eigenvalue weighted by atomic mass is 16.5. The molecule has 4 rings (SSSR count). The van der Waals surface area contributed by atoms with Gasteiger partial charge < -0.3 is 19.1 Å². The number of ether oxygens (including phenoxy) is 1. The maximum Gasteiger partial charge on any atom is 0.254 e. The minimum Gasteiger partial charge on any atom is -0.384 e. The molecule has 3 aromatic rings. The van der Waals surface area contributed by atoms with E-state index in [9.17, 15) is 4.79 Å². The SMILES string of the molecule is COCCc1noc(CN(C)C(=O)c2ccc3[nH]c4c(c3c2)CCCC4)n1. The second-order valence-corrected chi connectivity index (χ2v) is 7.06. The summed E-state index contributed by atoms with van der Waals surface area (Å²) in [6.45, 7) is 0.816. The van der Waals surface area contributed by atoms with Crippen molar-refractivity contribution in [3.8, 4) is 0 Å². The number of nitrogens with one attached hydrogen (secondary N) is 1. The number of H-pyrrole nitrogens is 1. The number of benzene rings is 1. The maximum atomic E-state index is 12.9. The first kappa shape index (κ1) is 17.7. The predicted octanol–water partition coefficient (Wildman–Crippen LogP) is 2.89. The quantitative estimate of drug-likeness (QED) is 0.723. The van der Waals surface area contributed by atoms with E-state index in [0.717, 1.165) is 18.4 Å². The average Bonchev–Trinajstić information content (AvgIpc) is 3.29. The number of hydrogen-bond donors (Lipinski definition) is 1. The van der Waals surface area contributed by atoms with Crippen LogP contribution in [-0.2, 0) is 30.5 Å². The van der Waals surface area contributed by atoms with Gasteiger partial charge in [0.05, 0.1) is 13.2 Å². The molecular weight excluding hydrogens is 344 g/mol. The van der Waals surface area contributed by atoms with E-state index in [0.29, 0.717) is 30.3 Å². The third-order valence-electron chi connectivity index (χ3n) is 5.10. The topological polar surface area (TPSA) is 84.3 Å². The molecule has 1 aromatic carbocycles. The van der Waals surface area contributed by atoms with E-state index in [1.165, 1.54) is 29.5 Å². The van der Waals surface area contributed by atoms with Crippen molar-refractivity contribution in [3.05, 3.63) is 46.7 Å². The maximum absolute atomic E-state index is 12.9. The van der Waals surface area contributed by atoms with Crippen molar-refractivity contribution in [1.82, 2.24) is 20.0 Å². The Bertz CT molecular complexity index is 959. The average molecular weight is 368 g/mol. The molecule has 0 aliphatic heterocycles. The molecule has 0 atom stereocenters. The number of amides is 1. The van der Waals surface area contributed by atoms with Crippen molar-refractivity contribution in [2.75, 3.05) is 20.8 Å². The van der Waals surface area contributed by atoms with Gasteiger partial charge in [-0.3, -0.25) is 4.79 Å². The minimum atomic E-state index is -0.0562. The molecule has 1 aliphatic rings. The Morgan fingerprint density at radius 2 is 2.19 bits per heavy atom. The Labute approximate surface area is 157 Å². The van der Waals surface area contributed by atoms with Crippen LogP contribution in [-0.4, -0.2) is 46.7 Å². The van der Waals surface area contributed by atoms with Gasteiger partial charge in [0.25, 0.3) is 5.91 Å². The molecular formula is C20H24N4O3. The van der Waals surface area contributed by atoms with Crippen LogP contribution < -0.4 is 0 Å². The summed E-state index contributed by atoms with van der Waals surface area (Å²) < 4.78 is 10.2. The number of hydrogen-bond acceptors (Lipinski definition) is 5.